The SMILES string of the molecule is CC(O)CC(C)(C)CNC(=O)C=Cc1ccccc1. The number of aliphatic hydroxyl groups excluding tert-OH is 1. The minimum absolute atomic E-state index is 0.107. The number of aliphatic hydroxyl groups is 1. The number of benzene rings is 1. The Morgan fingerprint density at radius 1 is 1.37 bits per heavy atom. The van der Waals surface area contributed by atoms with Crippen LogP contribution in [0.3, 0.4) is 0 Å². The van der Waals surface area contributed by atoms with Crippen LogP contribution in [-0.2, 0) is 4.79 Å². The maximum absolute atomic E-state index is 11.7. The van der Waals surface area contributed by atoms with E-state index in [1.165, 1.54) is 6.08 Å². The van der Waals surface area contributed by atoms with Crippen molar-refractivity contribution in [2.24, 2.45) is 5.41 Å². The lowest BCUT2D eigenvalue weighted by molar-refractivity contribution is -0.117. The van der Waals surface area contributed by atoms with Crippen molar-refractivity contribution in [3.05, 3.63) is 42.0 Å². The summed E-state index contributed by atoms with van der Waals surface area (Å²) in [6.45, 7) is 6.37. The highest BCUT2D eigenvalue weighted by molar-refractivity contribution is 5.91. The van der Waals surface area contributed by atoms with E-state index in [2.05, 4.69) is 5.32 Å². The maximum atomic E-state index is 11.7. The third-order valence-corrected chi connectivity index (χ3v) is 2.82. The number of hydrogen-bond acceptors (Lipinski definition) is 2. The summed E-state index contributed by atoms with van der Waals surface area (Å²) >= 11 is 0. The Labute approximate surface area is 115 Å². The van der Waals surface area contributed by atoms with Gasteiger partial charge in [0.2, 0.25) is 5.91 Å². The predicted molar refractivity (Wildman–Crippen MR) is 78.6 cm³/mol. The third kappa shape index (κ3) is 6.77. The number of carbonyl (C=O) groups is 1. The van der Waals surface area contributed by atoms with E-state index >= 15 is 0 Å². The van der Waals surface area contributed by atoms with E-state index in [9.17, 15) is 9.90 Å². The smallest absolute Gasteiger partial charge is 0.244 e. The van der Waals surface area contributed by atoms with Crippen molar-refractivity contribution in [3.63, 3.8) is 0 Å². The van der Waals surface area contributed by atoms with E-state index < -0.39 is 0 Å². The number of hydrogen-bond donors (Lipinski definition) is 2. The van der Waals surface area contributed by atoms with E-state index in [1.807, 2.05) is 44.2 Å². The van der Waals surface area contributed by atoms with E-state index in [4.69, 9.17) is 0 Å². The first-order chi connectivity index (χ1) is 8.89. The highest BCUT2D eigenvalue weighted by atomic mass is 16.3. The van der Waals surface area contributed by atoms with Crippen LogP contribution in [0.5, 0.6) is 0 Å². The first-order valence-corrected chi connectivity index (χ1v) is 6.58. The molecule has 0 aliphatic carbocycles. The number of nitrogens with one attached hydrogen (secondary N) is 1. The first-order valence-electron chi connectivity index (χ1n) is 6.58. The summed E-state index contributed by atoms with van der Waals surface area (Å²) in [5.74, 6) is -0.109. The summed E-state index contributed by atoms with van der Waals surface area (Å²) in [6.07, 6.45) is 3.63. The largest absolute Gasteiger partial charge is 0.393 e. The zero-order valence-corrected chi connectivity index (χ0v) is 11.9. The molecule has 0 aliphatic rings. The summed E-state index contributed by atoms with van der Waals surface area (Å²) in [5.41, 5.74) is 0.894. The third-order valence-electron chi connectivity index (χ3n) is 2.82. The molecule has 3 heteroatoms. The molecular formula is C16H23NO2. The number of amides is 1. The second kappa shape index (κ2) is 7.10. The van der Waals surface area contributed by atoms with Crippen molar-refractivity contribution in [1.29, 1.82) is 0 Å². The van der Waals surface area contributed by atoms with Gasteiger partial charge in [0.25, 0.3) is 0 Å². The zero-order valence-electron chi connectivity index (χ0n) is 11.9. The summed E-state index contributed by atoms with van der Waals surface area (Å²) < 4.78 is 0. The Balaban J connectivity index is 2.42. The van der Waals surface area contributed by atoms with Crippen LogP contribution in [0.25, 0.3) is 6.08 Å². The van der Waals surface area contributed by atoms with Crippen LogP contribution in [0.2, 0.25) is 0 Å². The molecule has 1 amide bonds. The van der Waals surface area contributed by atoms with Crippen LogP contribution in [0.15, 0.2) is 36.4 Å². The predicted octanol–water partition coefficient (Wildman–Crippen LogP) is 2.61. The van der Waals surface area contributed by atoms with Crippen LogP contribution in [-0.4, -0.2) is 23.7 Å². The molecule has 1 rings (SSSR count). The van der Waals surface area contributed by atoms with E-state index in [0.29, 0.717) is 13.0 Å². The first kappa shape index (κ1) is 15.4. The summed E-state index contributed by atoms with van der Waals surface area (Å²) in [7, 11) is 0. The van der Waals surface area contributed by atoms with Crippen molar-refractivity contribution in [2.75, 3.05) is 6.54 Å². The molecular weight excluding hydrogens is 238 g/mol. The highest BCUT2D eigenvalue weighted by Gasteiger charge is 2.20. The molecule has 0 aromatic heterocycles. The van der Waals surface area contributed by atoms with Gasteiger partial charge in [-0.15, -0.1) is 0 Å². The van der Waals surface area contributed by atoms with Gasteiger partial charge in [-0.2, -0.15) is 0 Å². The minimum atomic E-state index is -0.355. The molecule has 19 heavy (non-hydrogen) atoms. The average molecular weight is 261 g/mol. The Morgan fingerprint density at radius 3 is 2.58 bits per heavy atom. The fraction of sp³-hybridized carbons (Fsp3) is 0.438. The normalized spacial score (nSPS) is 13.5. The number of rotatable bonds is 6. The Bertz CT molecular complexity index is 422. The molecule has 0 saturated heterocycles. The van der Waals surface area contributed by atoms with E-state index in [1.54, 1.807) is 13.0 Å². The molecule has 1 aromatic carbocycles. The lowest BCUT2D eigenvalue weighted by Gasteiger charge is -2.26. The van der Waals surface area contributed by atoms with Crippen molar-refractivity contribution in [3.8, 4) is 0 Å². The molecule has 0 saturated carbocycles. The molecule has 2 N–H and O–H groups in total. The molecule has 0 heterocycles. The lowest BCUT2D eigenvalue weighted by atomic mass is 9.87. The Kier molecular flexibility index (Phi) is 5.77. The zero-order chi connectivity index (χ0) is 14.3. The van der Waals surface area contributed by atoms with E-state index in [0.717, 1.165) is 5.56 Å². The van der Waals surface area contributed by atoms with Crippen molar-refractivity contribution in [2.45, 2.75) is 33.3 Å². The summed E-state index contributed by atoms with van der Waals surface area (Å²) in [4.78, 5) is 11.7. The molecule has 1 aromatic rings. The van der Waals surface area contributed by atoms with E-state index in [-0.39, 0.29) is 17.4 Å². The van der Waals surface area contributed by atoms with Gasteiger partial charge in [-0.05, 0) is 30.4 Å². The molecule has 104 valence electrons. The van der Waals surface area contributed by atoms with Gasteiger partial charge in [-0.1, -0.05) is 44.2 Å². The molecule has 0 fully saturated rings. The van der Waals surface area contributed by atoms with Crippen molar-refractivity contribution < 1.29 is 9.90 Å². The minimum Gasteiger partial charge on any atom is -0.393 e. The van der Waals surface area contributed by atoms with Crippen LogP contribution in [0, 0.1) is 5.41 Å². The van der Waals surface area contributed by atoms with Gasteiger partial charge in [0, 0.05) is 12.6 Å². The van der Waals surface area contributed by atoms with Gasteiger partial charge in [-0.25, -0.2) is 0 Å². The average Bonchev–Trinajstić information content (AvgIpc) is 2.34. The maximum Gasteiger partial charge on any atom is 0.244 e. The molecule has 0 bridgehead atoms. The lowest BCUT2D eigenvalue weighted by Crippen LogP contribution is -2.34. The highest BCUT2D eigenvalue weighted by Crippen LogP contribution is 2.20. The second-order valence-corrected chi connectivity index (χ2v) is 5.68. The molecule has 3 nitrogen and oxygen atoms in total. The standard InChI is InChI=1S/C16H23NO2/c1-13(18)11-16(2,3)12-17-15(19)10-9-14-7-5-4-6-8-14/h4-10,13,18H,11-12H2,1-3H3,(H,17,19). The van der Waals surface area contributed by atoms with Gasteiger partial charge >= 0.3 is 0 Å². The van der Waals surface area contributed by atoms with Crippen LogP contribution in [0.4, 0.5) is 0 Å². The van der Waals surface area contributed by atoms with Gasteiger partial charge < -0.3 is 10.4 Å². The van der Waals surface area contributed by atoms with Crippen LogP contribution in [0.1, 0.15) is 32.8 Å². The quantitative estimate of drug-likeness (QED) is 0.773. The molecule has 0 spiro atoms. The van der Waals surface area contributed by atoms with Crippen LogP contribution >= 0.6 is 0 Å². The summed E-state index contributed by atoms with van der Waals surface area (Å²) in [6, 6.07) is 9.70. The topological polar surface area (TPSA) is 49.3 Å². The Morgan fingerprint density at radius 2 is 2.00 bits per heavy atom. The number of carbonyl (C=O) groups excluding carboxylic acids is 1. The second-order valence-electron chi connectivity index (χ2n) is 5.68. The molecule has 1 unspecified atom stereocenters. The molecule has 1 atom stereocenters. The van der Waals surface area contributed by atoms with Gasteiger partial charge in [-0.3, -0.25) is 4.79 Å². The van der Waals surface area contributed by atoms with Gasteiger partial charge in [0.1, 0.15) is 0 Å². The Hall–Kier alpha value is -1.61. The summed E-state index contributed by atoms with van der Waals surface area (Å²) in [5, 5.41) is 12.2. The van der Waals surface area contributed by atoms with Crippen LogP contribution < -0.4 is 5.32 Å². The van der Waals surface area contributed by atoms with Crippen molar-refractivity contribution >= 4 is 12.0 Å². The van der Waals surface area contributed by atoms with Gasteiger partial charge in [0.05, 0.1) is 6.10 Å². The fourth-order valence-corrected chi connectivity index (χ4v) is 1.99. The monoisotopic (exact) mass is 261 g/mol. The van der Waals surface area contributed by atoms with Gasteiger partial charge in [0.15, 0.2) is 0 Å². The van der Waals surface area contributed by atoms with Crippen molar-refractivity contribution in [1.82, 2.24) is 5.32 Å². The molecule has 0 aliphatic heterocycles. The molecule has 0 radical (unpaired) electrons. The fourth-order valence-electron chi connectivity index (χ4n) is 1.99.